The molecule has 0 bridgehead atoms. The summed E-state index contributed by atoms with van der Waals surface area (Å²) in [6.07, 6.45) is 0.743. The molecule has 0 atom stereocenters. The Morgan fingerprint density at radius 3 is 2.48 bits per heavy atom. The molecule has 2 rings (SSSR count). The van der Waals surface area contributed by atoms with E-state index in [0.29, 0.717) is 18.7 Å². The van der Waals surface area contributed by atoms with Gasteiger partial charge in [-0.1, -0.05) is 18.2 Å². The Kier molecular flexibility index (Phi) is 5.11. The number of rotatable bonds is 6. The predicted octanol–water partition coefficient (Wildman–Crippen LogP) is 3.01. The van der Waals surface area contributed by atoms with Crippen molar-refractivity contribution in [3.05, 3.63) is 59.2 Å². The van der Waals surface area contributed by atoms with Gasteiger partial charge in [-0.15, -0.1) is 0 Å². The van der Waals surface area contributed by atoms with Gasteiger partial charge in [-0.05, 0) is 42.3 Å². The Bertz CT molecular complexity index is 594. The van der Waals surface area contributed by atoms with Gasteiger partial charge in [-0.3, -0.25) is 0 Å². The Labute approximate surface area is 122 Å². The second-order valence-electron chi connectivity index (χ2n) is 4.65. The molecule has 0 aliphatic carbocycles. The monoisotopic (exact) mass is 293 g/mol. The third-order valence-corrected chi connectivity index (χ3v) is 3.17. The molecule has 0 saturated carbocycles. The number of phenols is 1. The van der Waals surface area contributed by atoms with E-state index in [4.69, 9.17) is 9.84 Å². The van der Waals surface area contributed by atoms with Crippen LogP contribution in [0.15, 0.2) is 36.4 Å². The van der Waals surface area contributed by atoms with E-state index >= 15 is 0 Å². The minimum atomic E-state index is -0.948. The fraction of sp³-hybridized carbons (Fsp3) is 0.250. The van der Waals surface area contributed by atoms with Crippen LogP contribution >= 0.6 is 0 Å². The Balaban J connectivity index is 1.88. The van der Waals surface area contributed by atoms with Gasteiger partial charge in [0.1, 0.15) is 5.75 Å². The summed E-state index contributed by atoms with van der Waals surface area (Å²) in [4.78, 5) is 0. The van der Waals surface area contributed by atoms with Crippen LogP contribution in [0.3, 0.4) is 0 Å². The first-order valence-electron chi connectivity index (χ1n) is 6.61. The van der Waals surface area contributed by atoms with Crippen LogP contribution in [-0.4, -0.2) is 18.8 Å². The fourth-order valence-corrected chi connectivity index (χ4v) is 2.09. The van der Waals surface area contributed by atoms with Gasteiger partial charge in [0.15, 0.2) is 17.4 Å². The van der Waals surface area contributed by atoms with E-state index in [1.165, 1.54) is 0 Å². The number of aromatic hydroxyl groups is 1. The number of ether oxygens (including phenoxy) is 1. The van der Waals surface area contributed by atoms with Crippen LogP contribution in [0.2, 0.25) is 0 Å². The van der Waals surface area contributed by atoms with Crippen molar-refractivity contribution >= 4 is 0 Å². The lowest BCUT2D eigenvalue weighted by Gasteiger charge is -2.09. The van der Waals surface area contributed by atoms with Crippen molar-refractivity contribution < 1.29 is 18.6 Å². The molecule has 0 heterocycles. The standard InChI is InChI=1S/C16H17F2NO2/c1-21-15-5-3-2-4-12(15)6-7-19-10-11-8-13(17)16(20)14(18)9-11/h2-5,8-9,19-20H,6-7,10H2,1H3. The highest BCUT2D eigenvalue weighted by Gasteiger charge is 2.09. The summed E-state index contributed by atoms with van der Waals surface area (Å²) >= 11 is 0. The first kappa shape index (κ1) is 15.3. The lowest BCUT2D eigenvalue weighted by atomic mass is 10.1. The summed E-state index contributed by atoms with van der Waals surface area (Å²) in [6.45, 7) is 0.966. The van der Waals surface area contributed by atoms with Crippen LogP contribution in [-0.2, 0) is 13.0 Å². The van der Waals surface area contributed by atoms with Gasteiger partial charge in [0.2, 0.25) is 0 Å². The zero-order chi connectivity index (χ0) is 15.2. The molecule has 0 unspecified atom stereocenters. The van der Waals surface area contributed by atoms with Gasteiger partial charge in [0.05, 0.1) is 7.11 Å². The number of methoxy groups -OCH3 is 1. The SMILES string of the molecule is COc1ccccc1CCNCc1cc(F)c(O)c(F)c1. The highest BCUT2D eigenvalue weighted by atomic mass is 19.1. The lowest BCUT2D eigenvalue weighted by molar-refractivity contribution is 0.395. The van der Waals surface area contributed by atoms with Crippen molar-refractivity contribution in [1.29, 1.82) is 0 Å². The van der Waals surface area contributed by atoms with Crippen LogP contribution < -0.4 is 10.1 Å². The Morgan fingerprint density at radius 2 is 1.81 bits per heavy atom. The number of nitrogens with one attached hydrogen (secondary N) is 1. The van der Waals surface area contributed by atoms with E-state index in [2.05, 4.69) is 5.32 Å². The largest absolute Gasteiger partial charge is 0.503 e. The Morgan fingerprint density at radius 1 is 1.14 bits per heavy atom. The molecule has 2 N–H and O–H groups in total. The summed E-state index contributed by atoms with van der Waals surface area (Å²) in [7, 11) is 1.62. The summed E-state index contributed by atoms with van der Waals surface area (Å²) in [5, 5.41) is 12.1. The van der Waals surface area contributed by atoms with Gasteiger partial charge in [0, 0.05) is 6.54 Å². The molecule has 0 aliphatic rings. The zero-order valence-electron chi connectivity index (χ0n) is 11.7. The molecule has 0 spiro atoms. The zero-order valence-corrected chi connectivity index (χ0v) is 11.7. The third kappa shape index (κ3) is 3.92. The van der Waals surface area contributed by atoms with E-state index in [0.717, 1.165) is 29.9 Å². The second-order valence-corrected chi connectivity index (χ2v) is 4.65. The molecule has 3 nitrogen and oxygen atoms in total. The summed E-state index contributed by atoms with van der Waals surface area (Å²) in [5.74, 6) is -2.01. The van der Waals surface area contributed by atoms with Crippen molar-refractivity contribution in [1.82, 2.24) is 5.32 Å². The van der Waals surface area contributed by atoms with Crippen LogP contribution in [0.5, 0.6) is 11.5 Å². The molecular weight excluding hydrogens is 276 g/mol. The van der Waals surface area contributed by atoms with Crippen molar-refractivity contribution in [3.8, 4) is 11.5 Å². The summed E-state index contributed by atoms with van der Waals surface area (Å²) in [5.41, 5.74) is 1.51. The minimum absolute atomic E-state index is 0.323. The highest BCUT2D eigenvalue weighted by molar-refractivity contribution is 5.33. The van der Waals surface area contributed by atoms with Crippen molar-refractivity contribution in [2.75, 3.05) is 13.7 Å². The van der Waals surface area contributed by atoms with Crippen molar-refractivity contribution in [2.24, 2.45) is 0 Å². The molecule has 0 aliphatic heterocycles. The fourth-order valence-electron chi connectivity index (χ4n) is 2.09. The van der Waals surface area contributed by atoms with Crippen LogP contribution in [0.4, 0.5) is 8.78 Å². The topological polar surface area (TPSA) is 41.5 Å². The quantitative estimate of drug-likeness (QED) is 0.804. The van der Waals surface area contributed by atoms with Gasteiger partial charge in [0.25, 0.3) is 0 Å². The lowest BCUT2D eigenvalue weighted by Crippen LogP contribution is -2.17. The molecule has 0 radical (unpaired) electrons. The average molecular weight is 293 g/mol. The van der Waals surface area contributed by atoms with Crippen LogP contribution in [0.1, 0.15) is 11.1 Å². The average Bonchev–Trinajstić information content (AvgIpc) is 2.49. The smallest absolute Gasteiger partial charge is 0.187 e. The summed E-state index contributed by atoms with van der Waals surface area (Å²) in [6, 6.07) is 9.93. The number of benzene rings is 2. The third-order valence-electron chi connectivity index (χ3n) is 3.17. The van der Waals surface area contributed by atoms with Gasteiger partial charge >= 0.3 is 0 Å². The maximum atomic E-state index is 13.2. The first-order valence-corrected chi connectivity index (χ1v) is 6.61. The molecule has 21 heavy (non-hydrogen) atoms. The van der Waals surface area contributed by atoms with E-state index in [9.17, 15) is 8.78 Å². The van der Waals surface area contributed by atoms with Crippen LogP contribution in [0, 0.1) is 11.6 Å². The molecule has 2 aromatic carbocycles. The van der Waals surface area contributed by atoms with Gasteiger partial charge in [-0.25, -0.2) is 8.78 Å². The maximum absolute atomic E-state index is 13.2. The summed E-state index contributed by atoms with van der Waals surface area (Å²) < 4.78 is 31.6. The van der Waals surface area contributed by atoms with E-state index < -0.39 is 17.4 Å². The second kappa shape index (κ2) is 7.04. The number of hydrogen-bond donors (Lipinski definition) is 2. The van der Waals surface area contributed by atoms with Gasteiger partial charge in [-0.2, -0.15) is 0 Å². The molecule has 0 aromatic heterocycles. The molecule has 0 saturated heterocycles. The molecule has 112 valence electrons. The number of phenolic OH excluding ortho intramolecular Hbond substituents is 1. The Hall–Kier alpha value is -2.14. The maximum Gasteiger partial charge on any atom is 0.187 e. The van der Waals surface area contributed by atoms with Crippen molar-refractivity contribution in [2.45, 2.75) is 13.0 Å². The number of hydrogen-bond acceptors (Lipinski definition) is 3. The minimum Gasteiger partial charge on any atom is -0.503 e. The molecule has 2 aromatic rings. The van der Waals surface area contributed by atoms with E-state index in [-0.39, 0.29) is 0 Å². The number of halogens is 2. The first-order chi connectivity index (χ1) is 10.1. The van der Waals surface area contributed by atoms with Crippen LogP contribution in [0.25, 0.3) is 0 Å². The molecular formula is C16H17F2NO2. The predicted molar refractivity (Wildman–Crippen MR) is 76.4 cm³/mol. The molecule has 0 amide bonds. The van der Waals surface area contributed by atoms with Gasteiger partial charge < -0.3 is 15.2 Å². The number of para-hydroxylation sites is 1. The molecule has 0 fully saturated rings. The van der Waals surface area contributed by atoms with Crippen molar-refractivity contribution in [3.63, 3.8) is 0 Å². The normalized spacial score (nSPS) is 10.6. The van der Waals surface area contributed by atoms with E-state index in [1.54, 1.807) is 7.11 Å². The highest BCUT2D eigenvalue weighted by Crippen LogP contribution is 2.21. The van der Waals surface area contributed by atoms with E-state index in [1.807, 2.05) is 24.3 Å². The molecule has 5 heteroatoms.